The molecule has 0 aliphatic rings. The molecule has 0 radical (unpaired) electrons. The van der Waals surface area contributed by atoms with Crippen LogP contribution in [0.4, 0.5) is 0 Å². The molecule has 0 aliphatic heterocycles. The monoisotopic (exact) mass is 237 g/mol. The van der Waals surface area contributed by atoms with Gasteiger partial charge in [0.1, 0.15) is 5.56 Å². The third-order valence-electron chi connectivity index (χ3n) is 2.38. The van der Waals surface area contributed by atoms with Gasteiger partial charge in [0.2, 0.25) is 5.43 Å². The fourth-order valence-electron chi connectivity index (χ4n) is 1.62. The molecule has 0 bridgehead atoms. The first-order chi connectivity index (χ1) is 7.50. The van der Waals surface area contributed by atoms with E-state index in [0.717, 1.165) is 0 Å². The predicted octanol–water partition coefficient (Wildman–Crippen LogP) is 1.89. The number of carboxylic acids is 1. The van der Waals surface area contributed by atoms with E-state index in [1.807, 2.05) is 0 Å². The fraction of sp³-hybridized carbons (Fsp3) is 0.0909. The molecule has 16 heavy (non-hydrogen) atoms. The smallest absolute Gasteiger partial charge is 0.341 e. The normalized spacial score (nSPS) is 10.6. The second-order valence-corrected chi connectivity index (χ2v) is 3.89. The minimum absolute atomic E-state index is 0.253. The Bertz CT molecular complexity index is 645. The van der Waals surface area contributed by atoms with Gasteiger partial charge >= 0.3 is 5.97 Å². The molecule has 1 heterocycles. The summed E-state index contributed by atoms with van der Waals surface area (Å²) in [6, 6.07) is 4.82. The summed E-state index contributed by atoms with van der Waals surface area (Å²) < 4.78 is 1.59. The van der Waals surface area contributed by atoms with E-state index in [-0.39, 0.29) is 5.56 Å². The van der Waals surface area contributed by atoms with Crippen molar-refractivity contribution < 1.29 is 9.90 Å². The highest BCUT2D eigenvalue weighted by Crippen LogP contribution is 2.16. The molecule has 0 fully saturated rings. The van der Waals surface area contributed by atoms with E-state index in [1.54, 1.807) is 23.7 Å². The van der Waals surface area contributed by atoms with Gasteiger partial charge in [0.05, 0.1) is 5.52 Å². The van der Waals surface area contributed by atoms with Crippen molar-refractivity contribution in [3.8, 4) is 0 Å². The summed E-state index contributed by atoms with van der Waals surface area (Å²) in [6.07, 6.45) is 1.31. The van der Waals surface area contributed by atoms with Crippen molar-refractivity contribution in [2.75, 3.05) is 0 Å². The Labute approximate surface area is 95.7 Å². The number of fused-ring (bicyclic) bond motifs is 1. The average Bonchev–Trinajstić information content (AvgIpc) is 2.22. The van der Waals surface area contributed by atoms with Crippen LogP contribution in [-0.2, 0) is 7.05 Å². The first kappa shape index (κ1) is 10.7. The van der Waals surface area contributed by atoms with E-state index in [9.17, 15) is 9.59 Å². The zero-order valence-corrected chi connectivity index (χ0v) is 9.15. The molecule has 82 valence electrons. The Kier molecular flexibility index (Phi) is 2.44. The zero-order chi connectivity index (χ0) is 11.9. The summed E-state index contributed by atoms with van der Waals surface area (Å²) in [6.45, 7) is 0. The number of hydrogen-bond donors (Lipinski definition) is 1. The lowest BCUT2D eigenvalue weighted by atomic mass is 10.1. The zero-order valence-electron chi connectivity index (χ0n) is 8.40. The van der Waals surface area contributed by atoms with Crippen molar-refractivity contribution in [2.24, 2.45) is 7.05 Å². The van der Waals surface area contributed by atoms with E-state index >= 15 is 0 Å². The van der Waals surface area contributed by atoms with Crippen LogP contribution in [0.5, 0.6) is 0 Å². The molecule has 1 N–H and O–H groups in total. The Morgan fingerprint density at radius 2 is 2.12 bits per heavy atom. The van der Waals surface area contributed by atoms with Crippen molar-refractivity contribution in [3.63, 3.8) is 0 Å². The number of aryl methyl sites for hydroxylation is 1. The quantitative estimate of drug-likeness (QED) is 0.824. The van der Waals surface area contributed by atoms with Crippen molar-refractivity contribution in [1.29, 1.82) is 0 Å². The molecular formula is C11H8ClNO3. The van der Waals surface area contributed by atoms with Gasteiger partial charge in [0.15, 0.2) is 0 Å². The van der Waals surface area contributed by atoms with Crippen LogP contribution in [0.1, 0.15) is 10.4 Å². The van der Waals surface area contributed by atoms with Gasteiger partial charge in [0, 0.05) is 23.7 Å². The Morgan fingerprint density at radius 3 is 2.75 bits per heavy atom. The van der Waals surface area contributed by atoms with Gasteiger partial charge in [-0.1, -0.05) is 11.6 Å². The van der Waals surface area contributed by atoms with Crippen LogP contribution in [0.25, 0.3) is 10.9 Å². The first-order valence-electron chi connectivity index (χ1n) is 4.53. The van der Waals surface area contributed by atoms with E-state index in [2.05, 4.69) is 0 Å². The van der Waals surface area contributed by atoms with Gasteiger partial charge in [0.25, 0.3) is 0 Å². The molecule has 0 saturated heterocycles. The topological polar surface area (TPSA) is 59.3 Å². The van der Waals surface area contributed by atoms with Gasteiger partial charge < -0.3 is 9.67 Å². The van der Waals surface area contributed by atoms with Gasteiger partial charge in [-0.15, -0.1) is 0 Å². The number of benzene rings is 1. The molecule has 1 aromatic carbocycles. The highest BCUT2D eigenvalue weighted by molar-refractivity contribution is 6.31. The lowest BCUT2D eigenvalue weighted by Crippen LogP contribution is -2.17. The standard InChI is InChI=1S/C11H8ClNO3/c1-13-5-8(11(15)16)10(14)7-4-6(12)2-3-9(7)13/h2-5H,1H3,(H,15,16). The maximum Gasteiger partial charge on any atom is 0.341 e. The maximum atomic E-state index is 11.8. The molecule has 0 aliphatic carbocycles. The third-order valence-corrected chi connectivity index (χ3v) is 2.62. The number of aromatic carboxylic acids is 1. The van der Waals surface area contributed by atoms with Crippen LogP contribution in [-0.4, -0.2) is 15.6 Å². The molecule has 0 spiro atoms. The fourth-order valence-corrected chi connectivity index (χ4v) is 1.79. The lowest BCUT2D eigenvalue weighted by molar-refractivity contribution is 0.0695. The van der Waals surface area contributed by atoms with E-state index < -0.39 is 11.4 Å². The highest BCUT2D eigenvalue weighted by Gasteiger charge is 2.13. The maximum absolute atomic E-state index is 11.8. The molecular weight excluding hydrogens is 230 g/mol. The second-order valence-electron chi connectivity index (χ2n) is 3.45. The minimum atomic E-state index is -1.23. The van der Waals surface area contributed by atoms with Crippen LogP contribution in [0, 0.1) is 0 Å². The molecule has 0 unspecified atom stereocenters. The number of carboxylic acid groups (broad SMARTS) is 1. The molecule has 2 aromatic rings. The minimum Gasteiger partial charge on any atom is -0.477 e. The van der Waals surface area contributed by atoms with Crippen molar-refractivity contribution in [1.82, 2.24) is 4.57 Å². The summed E-state index contributed by atoms with van der Waals surface area (Å²) >= 11 is 5.78. The van der Waals surface area contributed by atoms with E-state index in [1.165, 1.54) is 12.3 Å². The number of rotatable bonds is 1. The lowest BCUT2D eigenvalue weighted by Gasteiger charge is -2.06. The SMILES string of the molecule is Cn1cc(C(=O)O)c(=O)c2cc(Cl)ccc21. The summed E-state index contributed by atoms with van der Waals surface area (Å²) in [4.78, 5) is 22.7. The summed E-state index contributed by atoms with van der Waals surface area (Å²) in [5.41, 5.74) is -0.111. The highest BCUT2D eigenvalue weighted by atomic mass is 35.5. The number of hydrogen-bond acceptors (Lipinski definition) is 2. The number of pyridine rings is 1. The van der Waals surface area contributed by atoms with Crippen LogP contribution in [0.15, 0.2) is 29.2 Å². The summed E-state index contributed by atoms with van der Waals surface area (Å²) in [7, 11) is 1.68. The third kappa shape index (κ3) is 1.57. The Balaban J connectivity index is 2.98. The second kappa shape index (κ2) is 3.64. The van der Waals surface area contributed by atoms with Crippen molar-refractivity contribution >= 4 is 28.5 Å². The van der Waals surface area contributed by atoms with Gasteiger partial charge in [-0.05, 0) is 18.2 Å². The van der Waals surface area contributed by atoms with E-state index in [0.29, 0.717) is 15.9 Å². The van der Waals surface area contributed by atoms with Crippen LogP contribution in [0.2, 0.25) is 5.02 Å². The van der Waals surface area contributed by atoms with Crippen LogP contribution < -0.4 is 5.43 Å². The van der Waals surface area contributed by atoms with E-state index in [4.69, 9.17) is 16.7 Å². The van der Waals surface area contributed by atoms with Gasteiger partial charge in [-0.3, -0.25) is 4.79 Å². The van der Waals surface area contributed by atoms with Crippen LogP contribution >= 0.6 is 11.6 Å². The van der Waals surface area contributed by atoms with Crippen molar-refractivity contribution in [3.05, 3.63) is 45.2 Å². The first-order valence-corrected chi connectivity index (χ1v) is 4.90. The Hall–Kier alpha value is -1.81. The average molecular weight is 238 g/mol. The van der Waals surface area contributed by atoms with Gasteiger partial charge in [-0.2, -0.15) is 0 Å². The largest absolute Gasteiger partial charge is 0.477 e. The van der Waals surface area contributed by atoms with Crippen LogP contribution in [0.3, 0.4) is 0 Å². The molecule has 0 amide bonds. The Morgan fingerprint density at radius 1 is 1.44 bits per heavy atom. The predicted molar refractivity (Wildman–Crippen MR) is 61.2 cm³/mol. The molecule has 0 saturated carbocycles. The number of aromatic nitrogens is 1. The molecule has 4 nitrogen and oxygen atoms in total. The summed E-state index contributed by atoms with van der Waals surface area (Å²) in [5.74, 6) is -1.23. The number of carbonyl (C=O) groups is 1. The molecule has 5 heteroatoms. The number of nitrogens with zero attached hydrogens (tertiary/aromatic N) is 1. The van der Waals surface area contributed by atoms with Crippen molar-refractivity contribution in [2.45, 2.75) is 0 Å². The summed E-state index contributed by atoms with van der Waals surface area (Å²) in [5, 5.41) is 9.60. The molecule has 2 rings (SSSR count). The van der Waals surface area contributed by atoms with Gasteiger partial charge in [-0.25, -0.2) is 4.79 Å². The molecule has 0 atom stereocenters. The molecule has 1 aromatic heterocycles. The number of halogens is 1.